The van der Waals surface area contributed by atoms with Crippen molar-refractivity contribution in [1.29, 1.82) is 0 Å². The van der Waals surface area contributed by atoms with Crippen LogP contribution in [0.2, 0.25) is 0 Å². The number of halogens is 1. The summed E-state index contributed by atoms with van der Waals surface area (Å²) in [6.45, 7) is 10.9. The van der Waals surface area contributed by atoms with Gasteiger partial charge in [-0.15, -0.1) is 12.4 Å². The Morgan fingerprint density at radius 1 is 1.39 bits per heavy atom. The molecule has 1 amide bonds. The van der Waals surface area contributed by atoms with E-state index in [1.54, 1.807) is 0 Å². The molecule has 4 nitrogen and oxygen atoms in total. The van der Waals surface area contributed by atoms with Gasteiger partial charge < -0.3 is 11.1 Å². The Bertz CT molecular complexity index is 259. The van der Waals surface area contributed by atoms with Gasteiger partial charge >= 0.3 is 0 Å². The Morgan fingerprint density at radius 2 is 2.00 bits per heavy atom. The van der Waals surface area contributed by atoms with Crippen LogP contribution in [-0.2, 0) is 4.79 Å². The van der Waals surface area contributed by atoms with E-state index in [-0.39, 0.29) is 30.4 Å². The summed E-state index contributed by atoms with van der Waals surface area (Å²) in [6.07, 6.45) is 1.11. The standard InChI is InChI=1S/C13H27N3O.ClH/c1-9(2)7-15-13(17)11(4)16-6-5-12(8-16)10(3)14;/h9-12H,5-8,14H2,1-4H3,(H,15,17);1H. The number of rotatable bonds is 5. The summed E-state index contributed by atoms with van der Waals surface area (Å²) in [5, 5.41) is 2.99. The van der Waals surface area contributed by atoms with Crippen LogP contribution < -0.4 is 11.1 Å². The van der Waals surface area contributed by atoms with Gasteiger partial charge in [-0.2, -0.15) is 0 Å². The third kappa shape index (κ3) is 5.12. The molecule has 0 aromatic carbocycles. The first-order valence-electron chi connectivity index (χ1n) is 6.69. The smallest absolute Gasteiger partial charge is 0.237 e. The molecule has 0 aromatic rings. The normalized spacial score (nSPS) is 23.6. The predicted molar refractivity (Wildman–Crippen MR) is 77.9 cm³/mol. The molecule has 108 valence electrons. The topological polar surface area (TPSA) is 58.4 Å². The van der Waals surface area contributed by atoms with E-state index >= 15 is 0 Å². The Morgan fingerprint density at radius 3 is 2.44 bits per heavy atom. The van der Waals surface area contributed by atoms with Crippen molar-refractivity contribution >= 4 is 18.3 Å². The lowest BCUT2D eigenvalue weighted by Crippen LogP contribution is -2.45. The molecule has 18 heavy (non-hydrogen) atoms. The van der Waals surface area contributed by atoms with Gasteiger partial charge in [0, 0.05) is 19.1 Å². The quantitative estimate of drug-likeness (QED) is 0.795. The molecule has 0 aliphatic carbocycles. The number of nitrogens with two attached hydrogens (primary N) is 1. The van der Waals surface area contributed by atoms with Crippen molar-refractivity contribution in [2.45, 2.75) is 46.2 Å². The van der Waals surface area contributed by atoms with Crippen molar-refractivity contribution in [2.24, 2.45) is 17.6 Å². The van der Waals surface area contributed by atoms with E-state index in [2.05, 4.69) is 31.0 Å². The highest BCUT2D eigenvalue weighted by Crippen LogP contribution is 2.20. The molecule has 0 bridgehead atoms. The maximum absolute atomic E-state index is 11.9. The van der Waals surface area contributed by atoms with Gasteiger partial charge in [-0.1, -0.05) is 13.8 Å². The van der Waals surface area contributed by atoms with E-state index in [0.29, 0.717) is 11.8 Å². The number of nitrogens with zero attached hydrogens (tertiary/aromatic N) is 1. The van der Waals surface area contributed by atoms with Crippen LogP contribution in [0, 0.1) is 11.8 Å². The number of carbonyl (C=O) groups excluding carboxylic acids is 1. The minimum absolute atomic E-state index is 0. The highest BCUT2D eigenvalue weighted by Gasteiger charge is 2.30. The minimum Gasteiger partial charge on any atom is -0.354 e. The van der Waals surface area contributed by atoms with Crippen LogP contribution in [0.15, 0.2) is 0 Å². The second kappa shape index (κ2) is 7.97. The summed E-state index contributed by atoms with van der Waals surface area (Å²) in [4.78, 5) is 14.2. The molecule has 0 radical (unpaired) electrons. The molecular formula is C13H28ClN3O. The van der Waals surface area contributed by atoms with Crippen molar-refractivity contribution in [3.05, 3.63) is 0 Å². The van der Waals surface area contributed by atoms with Crippen LogP contribution in [0.3, 0.4) is 0 Å². The van der Waals surface area contributed by atoms with Crippen molar-refractivity contribution in [3.8, 4) is 0 Å². The van der Waals surface area contributed by atoms with Gasteiger partial charge in [0.2, 0.25) is 5.91 Å². The van der Waals surface area contributed by atoms with Crippen molar-refractivity contribution in [3.63, 3.8) is 0 Å². The lowest BCUT2D eigenvalue weighted by Gasteiger charge is -2.24. The maximum atomic E-state index is 11.9. The minimum atomic E-state index is -0.0301. The van der Waals surface area contributed by atoms with Crippen LogP contribution in [0.25, 0.3) is 0 Å². The molecule has 1 saturated heterocycles. The van der Waals surface area contributed by atoms with Crippen LogP contribution >= 0.6 is 12.4 Å². The summed E-state index contributed by atoms with van der Waals surface area (Å²) in [6, 6.07) is 0.198. The highest BCUT2D eigenvalue weighted by atomic mass is 35.5. The molecule has 5 heteroatoms. The maximum Gasteiger partial charge on any atom is 0.237 e. The molecule has 0 saturated carbocycles. The first-order valence-corrected chi connectivity index (χ1v) is 6.69. The average molecular weight is 278 g/mol. The van der Waals surface area contributed by atoms with Crippen LogP contribution in [0.4, 0.5) is 0 Å². The molecule has 1 rings (SSSR count). The Labute approximate surface area is 117 Å². The van der Waals surface area contributed by atoms with Gasteiger partial charge in [0.25, 0.3) is 0 Å². The van der Waals surface area contributed by atoms with Crippen LogP contribution in [0.1, 0.15) is 34.1 Å². The van der Waals surface area contributed by atoms with E-state index in [1.165, 1.54) is 0 Å². The van der Waals surface area contributed by atoms with Crippen LogP contribution in [0.5, 0.6) is 0 Å². The molecule has 1 fully saturated rings. The Hall–Kier alpha value is -0.320. The number of hydrogen-bond acceptors (Lipinski definition) is 3. The summed E-state index contributed by atoms with van der Waals surface area (Å²) in [5.74, 6) is 1.18. The van der Waals surface area contributed by atoms with Crippen molar-refractivity contribution in [1.82, 2.24) is 10.2 Å². The van der Waals surface area contributed by atoms with Gasteiger partial charge in [0.15, 0.2) is 0 Å². The fourth-order valence-corrected chi connectivity index (χ4v) is 2.21. The molecular weight excluding hydrogens is 250 g/mol. The number of nitrogens with one attached hydrogen (secondary N) is 1. The number of likely N-dealkylation sites (tertiary alicyclic amines) is 1. The van der Waals surface area contributed by atoms with E-state index in [1.807, 2.05) is 6.92 Å². The molecule has 1 aliphatic rings. The van der Waals surface area contributed by atoms with Gasteiger partial charge in [0.05, 0.1) is 6.04 Å². The summed E-state index contributed by atoms with van der Waals surface area (Å²) in [7, 11) is 0. The van der Waals surface area contributed by atoms with Gasteiger partial charge in [-0.25, -0.2) is 0 Å². The van der Waals surface area contributed by atoms with Gasteiger partial charge in [-0.05, 0) is 38.6 Å². The lowest BCUT2D eigenvalue weighted by molar-refractivity contribution is -0.125. The third-order valence-electron chi connectivity index (χ3n) is 3.61. The third-order valence-corrected chi connectivity index (χ3v) is 3.61. The highest BCUT2D eigenvalue weighted by molar-refractivity contribution is 5.85. The van der Waals surface area contributed by atoms with E-state index in [9.17, 15) is 4.79 Å². The van der Waals surface area contributed by atoms with Gasteiger partial charge in [-0.3, -0.25) is 9.69 Å². The number of amides is 1. The average Bonchev–Trinajstić information content (AvgIpc) is 2.73. The molecule has 3 atom stereocenters. The number of carbonyl (C=O) groups is 1. The molecule has 1 aliphatic heterocycles. The molecule has 3 N–H and O–H groups in total. The summed E-state index contributed by atoms with van der Waals surface area (Å²) < 4.78 is 0. The van der Waals surface area contributed by atoms with Crippen molar-refractivity contribution < 1.29 is 4.79 Å². The largest absolute Gasteiger partial charge is 0.354 e. The Kier molecular flexibility index (Phi) is 7.83. The fourth-order valence-electron chi connectivity index (χ4n) is 2.21. The van der Waals surface area contributed by atoms with E-state index in [4.69, 9.17) is 5.73 Å². The fraction of sp³-hybridized carbons (Fsp3) is 0.923. The lowest BCUT2D eigenvalue weighted by atomic mass is 10.0. The zero-order valence-corrected chi connectivity index (χ0v) is 12.8. The first kappa shape index (κ1) is 17.7. The molecule has 3 unspecified atom stereocenters. The molecule has 0 aromatic heterocycles. The number of hydrogen-bond donors (Lipinski definition) is 2. The second-order valence-electron chi connectivity index (χ2n) is 5.72. The van der Waals surface area contributed by atoms with Crippen molar-refractivity contribution in [2.75, 3.05) is 19.6 Å². The van der Waals surface area contributed by atoms with Crippen LogP contribution in [-0.4, -0.2) is 42.5 Å². The SMILES string of the molecule is CC(C)CNC(=O)C(C)N1CCC(C(C)N)C1.Cl. The zero-order chi connectivity index (χ0) is 13.0. The first-order chi connectivity index (χ1) is 7.91. The predicted octanol–water partition coefficient (Wildman–Crippen LogP) is 1.24. The molecule has 0 spiro atoms. The van der Waals surface area contributed by atoms with Gasteiger partial charge in [0.1, 0.15) is 0 Å². The Balaban J connectivity index is 0.00000289. The van der Waals surface area contributed by atoms with E-state index in [0.717, 1.165) is 26.1 Å². The van der Waals surface area contributed by atoms with E-state index < -0.39 is 0 Å². The zero-order valence-electron chi connectivity index (χ0n) is 12.0. The summed E-state index contributed by atoms with van der Waals surface area (Å²) in [5.41, 5.74) is 5.91. The molecule has 1 heterocycles. The monoisotopic (exact) mass is 277 g/mol. The summed E-state index contributed by atoms with van der Waals surface area (Å²) >= 11 is 0. The second-order valence-corrected chi connectivity index (χ2v) is 5.72.